The standard InChI is InChI=1S/C23H21F3O4/c24-23(25,26)22(30)12-17-8-6-15-10-16(20(28)29)7-9-18(15)21(17,13-19(22)27)11-14-4-2-1-3-5-14/h1-5,7,9-10,17,30H,6,8,11-13H2,(H,28,29)/t17?,21-,22+/m1/s1. The van der Waals surface area contributed by atoms with Crippen LogP contribution in [0.4, 0.5) is 13.2 Å². The summed E-state index contributed by atoms with van der Waals surface area (Å²) >= 11 is 0. The van der Waals surface area contributed by atoms with Gasteiger partial charge in [-0.15, -0.1) is 0 Å². The highest BCUT2D eigenvalue weighted by atomic mass is 19.4. The number of aromatic carboxylic acids is 1. The third-order valence-electron chi connectivity index (χ3n) is 6.74. The van der Waals surface area contributed by atoms with Crippen LogP contribution in [0.3, 0.4) is 0 Å². The van der Waals surface area contributed by atoms with E-state index in [1.165, 1.54) is 6.07 Å². The van der Waals surface area contributed by atoms with Crippen LogP contribution in [0.15, 0.2) is 48.5 Å². The van der Waals surface area contributed by atoms with E-state index in [9.17, 15) is 33.0 Å². The molecular weight excluding hydrogens is 397 g/mol. The predicted octanol–water partition coefficient (Wildman–Crippen LogP) is 4.08. The van der Waals surface area contributed by atoms with Crippen LogP contribution in [0, 0.1) is 5.92 Å². The molecule has 2 aliphatic carbocycles. The van der Waals surface area contributed by atoms with Gasteiger partial charge >= 0.3 is 12.1 Å². The first-order chi connectivity index (χ1) is 14.1. The molecule has 2 aliphatic rings. The Morgan fingerprint density at radius 1 is 1.13 bits per heavy atom. The van der Waals surface area contributed by atoms with Crippen LogP contribution in [0.2, 0.25) is 0 Å². The van der Waals surface area contributed by atoms with Gasteiger partial charge in [0.1, 0.15) is 0 Å². The van der Waals surface area contributed by atoms with E-state index in [2.05, 4.69) is 0 Å². The van der Waals surface area contributed by atoms with Gasteiger partial charge in [0.25, 0.3) is 0 Å². The third kappa shape index (κ3) is 3.12. The molecule has 3 atom stereocenters. The molecule has 2 N–H and O–H groups in total. The third-order valence-corrected chi connectivity index (χ3v) is 6.74. The number of aliphatic hydroxyl groups is 1. The lowest BCUT2D eigenvalue weighted by molar-refractivity contribution is -0.263. The van der Waals surface area contributed by atoms with Crippen LogP contribution in [0.5, 0.6) is 0 Å². The first kappa shape index (κ1) is 20.6. The van der Waals surface area contributed by atoms with E-state index >= 15 is 0 Å². The molecule has 158 valence electrons. The average molecular weight is 418 g/mol. The van der Waals surface area contributed by atoms with Crippen molar-refractivity contribution in [2.45, 2.75) is 49.3 Å². The van der Waals surface area contributed by atoms with Crippen LogP contribution in [-0.4, -0.2) is 33.7 Å². The van der Waals surface area contributed by atoms with E-state index in [-0.39, 0.29) is 5.56 Å². The van der Waals surface area contributed by atoms with Gasteiger partial charge in [0.2, 0.25) is 5.60 Å². The molecule has 0 spiro atoms. The normalized spacial score (nSPS) is 28.5. The number of hydrogen-bond acceptors (Lipinski definition) is 3. The van der Waals surface area contributed by atoms with Crippen molar-refractivity contribution in [2.24, 2.45) is 5.92 Å². The van der Waals surface area contributed by atoms with E-state index in [1.54, 1.807) is 12.1 Å². The van der Waals surface area contributed by atoms with Crippen LogP contribution in [-0.2, 0) is 23.1 Å². The number of carboxylic acid groups (broad SMARTS) is 1. The monoisotopic (exact) mass is 418 g/mol. The van der Waals surface area contributed by atoms with E-state index in [0.29, 0.717) is 24.8 Å². The summed E-state index contributed by atoms with van der Waals surface area (Å²) in [7, 11) is 0. The minimum Gasteiger partial charge on any atom is -0.478 e. The van der Waals surface area contributed by atoms with E-state index in [4.69, 9.17) is 0 Å². The summed E-state index contributed by atoms with van der Waals surface area (Å²) in [6, 6.07) is 13.8. The molecule has 0 heterocycles. The summed E-state index contributed by atoms with van der Waals surface area (Å²) in [6.07, 6.45) is -5.06. The van der Waals surface area contributed by atoms with Gasteiger partial charge in [-0.05, 0) is 60.4 Å². The van der Waals surface area contributed by atoms with E-state index in [0.717, 1.165) is 11.1 Å². The van der Waals surface area contributed by atoms with Crippen LogP contribution in [0.1, 0.15) is 46.3 Å². The number of benzene rings is 2. The molecular formula is C23H21F3O4. The van der Waals surface area contributed by atoms with Crippen molar-refractivity contribution in [1.29, 1.82) is 0 Å². The highest BCUT2D eigenvalue weighted by Gasteiger charge is 2.66. The van der Waals surface area contributed by atoms with Crippen LogP contribution < -0.4 is 0 Å². The largest absolute Gasteiger partial charge is 0.478 e. The Morgan fingerprint density at radius 3 is 2.47 bits per heavy atom. The van der Waals surface area contributed by atoms with Crippen molar-refractivity contribution in [3.8, 4) is 0 Å². The Bertz CT molecular complexity index is 1000. The molecule has 0 saturated heterocycles. The Balaban J connectivity index is 1.85. The fraction of sp³-hybridized carbons (Fsp3) is 0.391. The molecule has 2 aromatic rings. The van der Waals surface area contributed by atoms with Crippen molar-refractivity contribution < 1.29 is 33.0 Å². The van der Waals surface area contributed by atoms with Gasteiger partial charge in [0.05, 0.1) is 5.56 Å². The lowest BCUT2D eigenvalue weighted by atomic mass is 9.52. The van der Waals surface area contributed by atoms with Crippen molar-refractivity contribution >= 4 is 11.8 Å². The molecule has 1 fully saturated rings. The fourth-order valence-corrected chi connectivity index (χ4v) is 5.22. The molecule has 0 amide bonds. The second-order valence-corrected chi connectivity index (χ2v) is 8.39. The van der Waals surface area contributed by atoms with Gasteiger partial charge in [-0.3, -0.25) is 4.79 Å². The molecule has 1 unspecified atom stereocenters. The first-order valence-corrected chi connectivity index (χ1v) is 9.80. The molecule has 1 saturated carbocycles. The van der Waals surface area contributed by atoms with Gasteiger partial charge in [-0.2, -0.15) is 13.2 Å². The number of rotatable bonds is 3. The number of carbonyl (C=O) groups excluding carboxylic acids is 1. The predicted molar refractivity (Wildman–Crippen MR) is 102 cm³/mol. The van der Waals surface area contributed by atoms with E-state index < -0.39 is 47.7 Å². The SMILES string of the molecule is O=C(O)c1ccc2c(c1)CCC1C[C@@](O)(C(F)(F)F)C(=O)C[C@@]21Cc1ccccc1. The number of Topliss-reactive ketones (excluding diaryl/α,β-unsaturated/α-hetero) is 1. The minimum atomic E-state index is -5.03. The van der Waals surface area contributed by atoms with E-state index in [1.807, 2.05) is 30.3 Å². The number of ketones is 1. The quantitative estimate of drug-likeness (QED) is 0.788. The zero-order valence-corrected chi connectivity index (χ0v) is 16.1. The number of alkyl halides is 3. The molecule has 0 aromatic heterocycles. The maximum absolute atomic E-state index is 13.6. The number of aryl methyl sites for hydroxylation is 1. The van der Waals surface area contributed by atoms with Crippen LogP contribution >= 0.6 is 0 Å². The number of carboxylic acids is 1. The zero-order valence-electron chi connectivity index (χ0n) is 16.1. The van der Waals surface area contributed by atoms with Gasteiger partial charge < -0.3 is 10.2 Å². The van der Waals surface area contributed by atoms with Crippen molar-refractivity contribution in [2.75, 3.05) is 0 Å². The summed E-state index contributed by atoms with van der Waals surface area (Å²) < 4.78 is 40.8. The van der Waals surface area contributed by atoms with Gasteiger partial charge in [-0.25, -0.2) is 4.79 Å². The topological polar surface area (TPSA) is 74.6 Å². The summed E-state index contributed by atoms with van der Waals surface area (Å²) in [6.45, 7) is 0. The first-order valence-electron chi connectivity index (χ1n) is 9.80. The van der Waals surface area contributed by atoms with Gasteiger partial charge in [0.15, 0.2) is 5.78 Å². The fourth-order valence-electron chi connectivity index (χ4n) is 5.22. The smallest absolute Gasteiger partial charge is 0.424 e. The molecule has 0 aliphatic heterocycles. The maximum Gasteiger partial charge on any atom is 0.424 e. The Kier molecular flexibility index (Phi) is 4.77. The van der Waals surface area contributed by atoms with Gasteiger partial charge in [0, 0.05) is 11.8 Å². The lowest BCUT2D eigenvalue weighted by Crippen LogP contribution is -2.62. The van der Waals surface area contributed by atoms with Crippen molar-refractivity contribution in [3.05, 3.63) is 70.8 Å². The maximum atomic E-state index is 13.6. The number of hydrogen-bond donors (Lipinski definition) is 2. The molecule has 30 heavy (non-hydrogen) atoms. The highest BCUT2D eigenvalue weighted by Crippen LogP contribution is 2.55. The number of carbonyl (C=O) groups is 2. The Hall–Kier alpha value is -2.67. The molecule has 0 bridgehead atoms. The molecule has 4 nitrogen and oxygen atoms in total. The second-order valence-electron chi connectivity index (χ2n) is 8.39. The highest BCUT2D eigenvalue weighted by molar-refractivity contribution is 5.91. The lowest BCUT2D eigenvalue weighted by Gasteiger charge is -2.52. The zero-order chi connectivity index (χ0) is 21.7. The Labute approximate surface area is 171 Å². The average Bonchev–Trinajstić information content (AvgIpc) is 2.69. The second kappa shape index (κ2) is 6.94. The van der Waals surface area contributed by atoms with Crippen molar-refractivity contribution in [3.63, 3.8) is 0 Å². The summed E-state index contributed by atoms with van der Waals surface area (Å²) in [5, 5.41) is 19.6. The van der Waals surface area contributed by atoms with Crippen LogP contribution in [0.25, 0.3) is 0 Å². The molecule has 7 heteroatoms. The molecule has 0 radical (unpaired) electrons. The molecule has 2 aromatic carbocycles. The summed E-state index contributed by atoms with van der Waals surface area (Å²) in [5.74, 6) is -2.87. The summed E-state index contributed by atoms with van der Waals surface area (Å²) in [5.41, 5.74) is -1.81. The minimum absolute atomic E-state index is 0.107. The molecule has 4 rings (SSSR count). The summed E-state index contributed by atoms with van der Waals surface area (Å²) in [4.78, 5) is 24.1. The Morgan fingerprint density at radius 2 is 1.83 bits per heavy atom. The number of halogens is 3. The van der Waals surface area contributed by atoms with Gasteiger partial charge in [-0.1, -0.05) is 36.4 Å². The number of fused-ring (bicyclic) bond motifs is 3. The van der Waals surface area contributed by atoms with Crippen molar-refractivity contribution in [1.82, 2.24) is 0 Å².